The molecule has 0 atom stereocenters. The van der Waals surface area contributed by atoms with Crippen molar-refractivity contribution in [1.82, 2.24) is 0 Å². The van der Waals surface area contributed by atoms with Gasteiger partial charge >= 0.3 is 6.18 Å². The van der Waals surface area contributed by atoms with E-state index in [1.54, 1.807) is 5.38 Å². The van der Waals surface area contributed by atoms with Crippen molar-refractivity contribution in [2.75, 3.05) is 13.2 Å². The molecule has 0 N–H and O–H groups in total. The van der Waals surface area contributed by atoms with Gasteiger partial charge in [0.05, 0.1) is 16.0 Å². The minimum Gasteiger partial charge on any atom is -0.372 e. The summed E-state index contributed by atoms with van der Waals surface area (Å²) in [4.78, 5) is 12.1. The van der Waals surface area contributed by atoms with Gasteiger partial charge in [-0.25, -0.2) is 0 Å². The fraction of sp³-hybridized carbons (Fsp3) is 0.444. The number of Topliss-reactive ketones (excluding diaryl/α,β-unsaturated/α-hetero) is 1. The Bertz CT molecular complexity index is 403. The number of halogens is 5. The quantitative estimate of drug-likeness (QED) is 0.544. The maximum Gasteiger partial charge on any atom is 0.411 e. The first kappa shape index (κ1) is 15.1. The molecule has 0 unspecified atom stereocenters. The van der Waals surface area contributed by atoms with Gasteiger partial charge in [-0.05, 0) is 31.9 Å². The van der Waals surface area contributed by atoms with Crippen LogP contribution in [0, 0.1) is 0 Å². The van der Waals surface area contributed by atoms with Crippen molar-refractivity contribution in [2.45, 2.75) is 12.6 Å². The van der Waals surface area contributed by atoms with Gasteiger partial charge in [-0.2, -0.15) is 13.2 Å². The zero-order valence-electron chi connectivity index (χ0n) is 8.31. The van der Waals surface area contributed by atoms with E-state index >= 15 is 0 Å². The molecule has 1 heterocycles. The first-order valence-corrected chi connectivity index (χ1v) is 6.88. The van der Waals surface area contributed by atoms with Crippen LogP contribution in [0.15, 0.2) is 14.3 Å². The Morgan fingerprint density at radius 1 is 1.41 bits per heavy atom. The summed E-state index contributed by atoms with van der Waals surface area (Å²) in [5.41, 5.74) is 0. The van der Waals surface area contributed by atoms with Crippen molar-refractivity contribution >= 4 is 49.0 Å². The molecule has 8 heteroatoms. The number of ketones is 1. The summed E-state index contributed by atoms with van der Waals surface area (Å²) in [7, 11) is 0. The summed E-state index contributed by atoms with van der Waals surface area (Å²) in [5.74, 6) is -0.241. The molecule has 0 saturated carbocycles. The predicted octanol–water partition coefficient (Wildman–Crippen LogP) is 4.42. The standard InChI is InChI=1S/C9H7Br2F3O2S/c10-5-3-17-8(7(5)11)6(15)1-2-16-4-9(12,13)14/h3H,1-2,4H2. The molecule has 17 heavy (non-hydrogen) atoms. The highest BCUT2D eigenvalue weighted by atomic mass is 79.9. The molecule has 0 aliphatic heterocycles. The van der Waals surface area contributed by atoms with E-state index in [1.165, 1.54) is 11.3 Å². The number of hydrogen-bond acceptors (Lipinski definition) is 3. The summed E-state index contributed by atoms with van der Waals surface area (Å²) in [5, 5.41) is 1.73. The fourth-order valence-corrected chi connectivity index (χ4v) is 3.14. The second-order valence-electron chi connectivity index (χ2n) is 3.07. The van der Waals surface area contributed by atoms with E-state index in [1.807, 2.05) is 0 Å². The van der Waals surface area contributed by atoms with Crippen LogP contribution in [0.3, 0.4) is 0 Å². The van der Waals surface area contributed by atoms with E-state index in [-0.39, 0.29) is 18.8 Å². The van der Waals surface area contributed by atoms with E-state index in [2.05, 4.69) is 36.6 Å². The largest absolute Gasteiger partial charge is 0.411 e. The van der Waals surface area contributed by atoms with Crippen LogP contribution in [-0.2, 0) is 4.74 Å². The fourth-order valence-electron chi connectivity index (χ4n) is 0.977. The number of thiophene rings is 1. The summed E-state index contributed by atoms with van der Waals surface area (Å²) < 4.78 is 41.0. The Morgan fingerprint density at radius 2 is 2.06 bits per heavy atom. The lowest BCUT2D eigenvalue weighted by Crippen LogP contribution is -2.18. The van der Waals surface area contributed by atoms with E-state index < -0.39 is 12.8 Å². The molecule has 96 valence electrons. The highest BCUT2D eigenvalue weighted by molar-refractivity contribution is 9.13. The third-order valence-corrected chi connectivity index (χ3v) is 5.25. The average Bonchev–Trinajstić information content (AvgIpc) is 2.53. The predicted molar refractivity (Wildman–Crippen MR) is 65.5 cm³/mol. The van der Waals surface area contributed by atoms with Crippen LogP contribution in [0.25, 0.3) is 0 Å². The summed E-state index contributed by atoms with van der Waals surface area (Å²) in [6.07, 6.45) is -4.42. The van der Waals surface area contributed by atoms with Crippen LogP contribution >= 0.6 is 43.2 Å². The van der Waals surface area contributed by atoms with Crippen molar-refractivity contribution < 1.29 is 22.7 Å². The Kier molecular flexibility index (Phi) is 5.62. The molecule has 0 spiro atoms. The maximum atomic E-state index is 11.7. The average molecular weight is 396 g/mol. The first-order valence-electron chi connectivity index (χ1n) is 4.41. The normalized spacial score (nSPS) is 11.8. The minimum atomic E-state index is -4.35. The highest BCUT2D eigenvalue weighted by Gasteiger charge is 2.27. The molecule has 1 aromatic heterocycles. The minimum absolute atomic E-state index is 0.0678. The number of carbonyl (C=O) groups excluding carboxylic acids is 1. The van der Waals surface area contributed by atoms with Crippen LogP contribution in [0.2, 0.25) is 0 Å². The van der Waals surface area contributed by atoms with Gasteiger partial charge in [-0.1, -0.05) is 0 Å². The Hall–Kier alpha value is 0.0800. The summed E-state index contributed by atoms with van der Waals surface area (Å²) >= 11 is 7.66. The smallest absolute Gasteiger partial charge is 0.372 e. The van der Waals surface area contributed by atoms with Gasteiger partial charge in [-0.3, -0.25) is 4.79 Å². The second-order valence-corrected chi connectivity index (χ2v) is 5.59. The van der Waals surface area contributed by atoms with Crippen LogP contribution in [0.1, 0.15) is 16.1 Å². The monoisotopic (exact) mass is 394 g/mol. The van der Waals surface area contributed by atoms with E-state index in [9.17, 15) is 18.0 Å². The molecule has 0 fully saturated rings. The molecule has 0 aliphatic rings. The van der Waals surface area contributed by atoms with Gasteiger partial charge in [0.25, 0.3) is 0 Å². The number of hydrogen-bond donors (Lipinski definition) is 0. The van der Waals surface area contributed by atoms with Gasteiger partial charge in [0.2, 0.25) is 0 Å². The summed E-state index contributed by atoms with van der Waals surface area (Å²) in [6, 6.07) is 0. The topological polar surface area (TPSA) is 26.3 Å². The molecule has 0 aliphatic carbocycles. The van der Waals surface area contributed by atoms with Crippen LogP contribution in [-0.4, -0.2) is 25.2 Å². The third-order valence-electron chi connectivity index (χ3n) is 1.68. The SMILES string of the molecule is O=C(CCOCC(F)(F)F)c1scc(Br)c1Br. The number of ether oxygens (including phenoxy) is 1. The van der Waals surface area contributed by atoms with Crippen molar-refractivity contribution in [2.24, 2.45) is 0 Å². The van der Waals surface area contributed by atoms with Gasteiger partial charge < -0.3 is 4.74 Å². The van der Waals surface area contributed by atoms with Crippen molar-refractivity contribution in [3.05, 3.63) is 19.2 Å². The van der Waals surface area contributed by atoms with Gasteiger partial charge in [0.1, 0.15) is 6.61 Å². The number of carbonyl (C=O) groups is 1. The van der Waals surface area contributed by atoms with Crippen molar-refractivity contribution in [3.63, 3.8) is 0 Å². The van der Waals surface area contributed by atoms with E-state index in [0.29, 0.717) is 9.35 Å². The zero-order chi connectivity index (χ0) is 13.1. The van der Waals surface area contributed by atoms with E-state index in [4.69, 9.17) is 0 Å². The molecule has 2 nitrogen and oxygen atoms in total. The number of rotatable bonds is 5. The van der Waals surface area contributed by atoms with Gasteiger partial charge in [-0.15, -0.1) is 11.3 Å². The molecular weight excluding hydrogens is 389 g/mol. The Labute approximate surface area is 116 Å². The number of alkyl halides is 3. The molecule has 0 radical (unpaired) electrons. The van der Waals surface area contributed by atoms with Crippen LogP contribution in [0.5, 0.6) is 0 Å². The lowest BCUT2D eigenvalue weighted by atomic mass is 10.2. The molecule has 0 aromatic carbocycles. The molecule has 0 amide bonds. The molecule has 1 rings (SSSR count). The van der Waals surface area contributed by atoms with Crippen molar-refractivity contribution in [3.8, 4) is 0 Å². The first-order chi connectivity index (χ1) is 7.81. The lowest BCUT2D eigenvalue weighted by Gasteiger charge is -2.06. The van der Waals surface area contributed by atoms with Crippen LogP contribution in [0.4, 0.5) is 13.2 Å². The summed E-state index contributed by atoms with van der Waals surface area (Å²) in [6.45, 7) is -1.56. The lowest BCUT2D eigenvalue weighted by molar-refractivity contribution is -0.173. The van der Waals surface area contributed by atoms with Gasteiger partial charge in [0.15, 0.2) is 5.78 Å². The van der Waals surface area contributed by atoms with E-state index in [0.717, 1.165) is 4.47 Å². The van der Waals surface area contributed by atoms with Crippen LogP contribution < -0.4 is 0 Å². The molecule has 1 aromatic rings. The molecular formula is C9H7Br2F3O2S. The van der Waals surface area contributed by atoms with Crippen molar-refractivity contribution in [1.29, 1.82) is 0 Å². The Balaban J connectivity index is 2.38. The zero-order valence-corrected chi connectivity index (χ0v) is 12.3. The molecule has 0 saturated heterocycles. The Morgan fingerprint density at radius 3 is 2.53 bits per heavy atom. The molecule has 0 bridgehead atoms. The highest BCUT2D eigenvalue weighted by Crippen LogP contribution is 2.33. The van der Waals surface area contributed by atoms with Gasteiger partial charge in [0, 0.05) is 16.3 Å². The third kappa shape index (κ3) is 5.07. The second kappa shape index (κ2) is 6.31. The maximum absolute atomic E-state index is 11.7.